The molecule has 0 amide bonds. The summed E-state index contributed by atoms with van der Waals surface area (Å²) in [5.41, 5.74) is 1.40. The molecule has 1 aromatic carbocycles. The van der Waals surface area contributed by atoms with Crippen LogP contribution in [0, 0.1) is 0 Å². The van der Waals surface area contributed by atoms with Gasteiger partial charge in [0.25, 0.3) is 0 Å². The summed E-state index contributed by atoms with van der Waals surface area (Å²) in [4.78, 5) is 22.8. The topological polar surface area (TPSA) is 43.4 Å². The van der Waals surface area contributed by atoms with Crippen molar-refractivity contribution < 1.29 is 14.3 Å². The van der Waals surface area contributed by atoms with Gasteiger partial charge < -0.3 is 4.74 Å². The van der Waals surface area contributed by atoms with E-state index in [1.165, 1.54) is 0 Å². The van der Waals surface area contributed by atoms with Crippen LogP contribution in [0.2, 0.25) is 0 Å². The first-order valence-electron chi connectivity index (χ1n) is 6.20. The van der Waals surface area contributed by atoms with E-state index in [-0.39, 0.29) is 5.78 Å². The number of ether oxygens (including phenoxy) is 1. The molecular formula is C16H20O3. The highest BCUT2D eigenvalue weighted by Gasteiger charge is 2.25. The smallest absolute Gasteiger partial charge is 0.333 e. The van der Waals surface area contributed by atoms with E-state index in [0.717, 1.165) is 11.1 Å². The second-order valence-electron chi connectivity index (χ2n) is 5.26. The van der Waals surface area contributed by atoms with Crippen molar-refractivity contribution in [2.24, 2.45) is 0 Å². The molecule has 1 aromatic rings. The second kappa shape index (κ2) is 5.83. The predicted molar refractivity (Wildman–Crippen MR) is 74.8 cm³/mol. The Labute approximate surface area is 114 Å². The maximum absolute atomic E-state index is 11.6. The van der Waals surface area contributed by atoms with E-state index in [9.17, 15) is 9.59 Å². The molecule has 0 spiro atoms. The molecule has 0 aliphatic heterocycles. The lowest BCUT2D eigenvalue weighted by molar-refractivity contribution is -0.152. The molecule has 0 bridgehead atoms. The van der Waals surface area contributed by atoms with Crippen LogP contribution in [-0.2, 0) is 26.3 Å². The average molecular weight is 260 g/mol. The van der Waals surface area contributed by atoms with Crippen molar-refractivity contribution in [3.8, 4) is 0 Å². The summed E-state index contributed by atoms with van der Waals surface area (Å²) in [6.45, 7) is 10.4. The molecule has 3 nitrogen and oxygen atoms in total. The van der Waals surface area contributed by atoms with Gasteiger partial charge in [-0.05, 0) is 38.8 Å². The van der Waals surface area contributed by atoms with E-state index >= 15 is 0 Å². The van der Waals surface area contributed by atoms with Crippen molar-refractivity contribution in [2.75, 3.05) is 0 Å². The number of ketones is 1. The largest absolute Gasteiger partial charge is 0.451 e. The molecule has 102 valence electrons. The molecule has 0 aromatic heterocycles. The van der Waals surface area contributed by atoms with E-state index in [4.69, 9.17) is 4.74 Å². The Morgan fingerprint density at radius 2 is 1.89 bits per heavy atom. The summed E-state index contributed by atoms with van der Waals surface area (Å²) in [6, 6.07) is 7.54. The lowest BCUT2D eigenvalue weighted by Crippen LogP contribution is -2.26. The van der Waals surface area contributed by atoms with Gasteiger partial charge in [-0.2, -0.15) is 0 Å². The number of benzene rings is 1. The lowest BCUT2D eigenvalue weighted by atomic mass is 9.95. The third-order valence-corrected chi connectivity index (χ3v) is 2.77. The number of hydrogen-bond acceptors (Lipinski definition) is 3. The normalized spacial score (nSPS) is 10.9. The fourth-order valence-electron chi connectivity index (χ4n) is 1.72. The van der Waals surface area contributed by atoms with Gasteiger partial charge in [-0.3, -0.25) is 4.79 Å². The Morgan fingerprint density at radius 3 is 2.42 bits per heavy atom. The minimum absolute atomic E-state index is 0.105. The molecule has 0 fully saturated rings. The molecule has 0 N–H and O–H groups in total. The van der Waals surface area contributed by atoms with Gasteiger partial charge in [0.2, 0.25) is 0 Å². The van der Waals surface area contributed by atoms with Gasteiger partial charge in [-0.1, -0.05) is 30.8 Å². The third kappa shape index (κ3) is 4.36. The van der Waals surface area contributed by atoms with Crippen LogP contribution in [0.4, 0.5) is 0 Å². The first-order chi connectivity index (χ1) is 8.72. The molecule has 0 radical (unpaired) electrons. The average Bonchev–Trinajstić information content (AvgIpc) is 2.27. The van der Waals surface area contributed by atoms with Crippen molar-refractivity contribution in [3.63, 3.8) is 0 Å². The number of carbonyl (C=O) groups is 2. The van der Waals surface area contributed by atoms with Crippen molar-refractivity contribution in [1.82, 2.24) is 0 Å². The van der Waals surface area contributed by atoms with Gasteiger partial charge in [0.05, 0.1) is 0 Å². The number of Topliss-reactive ketones (excluding diaryl/α,β-unsaturated/α-hetero) is 1. The zero-order chi connectivity index (χ0) is 14.6. The molecule has 3 heteroatoms. The van der Waals surface area contributed by atoms with Crippen LogP contribution in [0.5, 0.6) is 0 Å². The predicted octanol–water partition coefficient (Wildman–Crippen LogP) is 3.17. The molecule has 0 atom stereocenters. The third-order valence-electron chi connectivity index (χ3n) is 2.77. The highest BCUT2D eigenvalue weighted by molar-refractivity contribution is 5.87. The molecule has 0 unspecified atom stereocenters. The summed E-state index contributed by atoms with van der Waals surface area (Å²) in [7, 11) is 0. The van der Waals surface area contributed by atoms with Gasteiger partial charge in [-0.25, -0.2) is 4.79 Å². The number of rotatable bonds is 5. The Kier molecular flexibility index (Phi) is 4.65. The van der Waals surface area contributed by atoms with Crippen LogP contribution in [0.3, 0.4) is 0 Å². The molecule has 0 aliphatic carbocycles. The summed E-state index contributed by atoms with van der Waals surface area (Å²) < 4.78 is 5.42. The number of hydrogen-bond donors (Lipinski definition) is 0. The zero-order valence-corrected chi connectivity index (χ0v) is 11.9. The van der Waals surface area contributed by atoms with Crippen molar-refractivity contribution in [1.29, 1.82) is 0 Å². The van der Waals surface area contributed by atoms with Crippen LogP contribution in [-0.4, -0.2) is 11.8 Å². The van der Waals surface area contributed by atoms with E-state index < -0.39 is 11.6 Å². The van der Waals surface area contributed by atoms with E-state index in [0.29, 0.717) is 12.0 Å². The molecular weight excluding hydrogens is 240 g/mol. The van der Waals surface area contributed by atoms with Crippen LogP contribution < -0.4 is 0 Å². The number of esters is 1. The summed E-state index contributed by atoms with van der Waals surface area (Å²) in [6.07, 6.45) is 0.387. The zero-order valence-electron chi connectivity index (χ0n) is 11.9. The lowest BCUT2D eigenvalue weighted by Gasteiger charge is -2.26. The molecule has 0 saturated heterocycles. The van der Waals surface area contributed by atoms with Crippen LogP contribution in [0.1, 0.15) is 38.8 Å². The van der Waals surface area contributed by atoms with Gasteiger partial charge in [-0.15, -0.1) is 0 Å². The first kappa shape index (κ1) is 15.2. The SMILES string of the molecule is C=C(C)C(=O)OC(C)(C)c1cccc(CC(C)=O)c1. The minimum Gasteiger partial charge on any atom is -0.451 e. The van der Waals surface area contributed by atoms with Crippen molar-refractivity contribution in [3.05, 3.63) is 47.5 Å². The van der Waals surface area contributed by atoms with E-state index in [2.05, 4.69) is 6.58 Å². The molecule has 0 aliphatic rings. The first-order valence-corrected chi connectivity index (χ1v) is 6.20. The summed E-state index contributed by atoms with van der Waals surface area (Å²) >= 11 is 0. The fraction of sp³-hybridized carbons (Fsp3) is 0.375. The molecule has 1 rings (SSSR count). The Balaban J connectivity index is 2.97. The minimum atomic E-state index is -0.747. The van der Waals surface area contributed by atoms with Gasteiger partial charge in [0.15, 0.2) is 0 Å². The molecule has 0 heterocycles. The summed E-state index contributed by atoms with van der Waals surface area (Å²) in [5.74, 6) is -0.309. The summed E-state index contributed by atoms with van der Waals surface area (Å²) in [5, 5.41) is 0. The van der Waals surface area contributed by atoms with Crippen LogP contribution >= 0.6 is 0 Å². The van der Waals surface area contributed by atoms with E-state index in [1.807, 2.05) is 38.1 Å². The highest BCUT2D eigenvalue weighted by Crippen LogP contribution is 2.26. The van der Waals surface area contributed by atoms with Gasteiger partial charge >= 0.3 is 5.97 Å². The van der Waals surface area contributed by atoms with Crippen molar-refractivity contribution in [2.45, 2.75) is 39.7 Å². The maximum Gasteiger partial charge on any atom is 0.333 e. The van der Waals surface area contributed by atoms with E-state index in [1.54, 1.807) is 13.8 Å². The van der Waals surface area contributed by atoms with Gasteiger partial charge in [0.1, 0.15) is 11.4 Å². The van der Waals surface area contributed by atoms with Crippen LogP contribution in [0.25, 0.3) is 0 Å². The molecule has 19 heavy (non-hydrogen) atoms. The second-order valence-corrected chi connectivity index (χ2v) is 5.26. The highest BCUT2D eigenvalue weighted by atomic mass is 16.6. The Hall–Kier alpha value is -1.90. The standard InChI is InChI=1S/C16H20O3/c1-11(2)15(18)19-16(4,5)14-8-6-7-13(10-14)9-12(3)17/h6-8,10H,1,9H2,2-5H3. The number of carbonyl (C=O) groups excluding carboxylic acids is 2. The van der Waals surface area contributed by atoms with Crippen molar-refractivity contribution >= 4 is 11.8 Å². The fourth-order valence-corrected chi connectivity index (χ4v) is 1.72. The Morgan fingerprint density at radius 1 is 1.26 bits per heavy atom. The monoisotopic (exact) mass is 260 g/mol. The quantitative estimate of drug-likeness (QED) is 0.603. The van der Waals surface area contributed by atoms with Gasteiger partial charge in [0, 0.05) is 12.0 Å². The van der Waals surface area contributed by atoms with Crippen LogP contribution in [0.15, 0.2) is 36.4 Å². The maximum atomic E-state index is 11.6. The Bertz CT molecular complexity index is 512. The molecule has 0 saturated carbocycles.